The van der Waals surface area contributed by atoms with Crippen LogP contribution in [0.5, 0.6) is 0 Å². The molecule has 1 heterocycles. The Labute approximate surface area is 157 Å². The summed E-state index contributed by atoms with van der Waals surface area (Å²) in [6.45, 7) is 2.42. The van der Waals surface area contributed by atoms with E-state index in [1.807, 2.05) is 0 Å². The standard InChI is InChI=1S/C18H23ClN4O3/c1-12(20-17(25)23(2)10-18(11-24)8-3-9-18)16-21-15(22-26-16)13-4-6-14(19)7-5-13/h4-7,12,24H,3,8-11H2,1-2H3,(H,20,25). The molecule has 0 radical (unpaired) electrons. The molecule has 1 aromatic carbocycles. The van der Waals surface area contributed by atoms with Crippen LogP contribution in [0.1, 0.15) is 38.1 Å². The summed E-state index contributed by atoms with van der Waals surface area (Å²) in [5, 5.41) is 17.0. The van der Waals surface area contributed by atoms with Crippen molar-refractivity contribution in [1.82, 2.24) is 20.4 Å². The zero-order chi connectivity index (χ0) is 18.7. The Morgan fingerprint density at radius 3 is 2.69 bits per heavy atom. The third kappa shape index (κ3) is 3.99. The number of aliphatic hydroxyl groups excluding tert-OH is 1. The number of nitrogens with one attached hydrogen (secondary N) is 1. The first kappa shape index (κ1) is 18.7. The van der Waals surface area contributed by atoms with Gasteiger partial charge in [-0.3, -0.25) is 0 Å². The molecule has 3 rings (SSSR count). The highest BCUT2D eigenvalue weighted by molar-refractivity contribution is 6.30. The topological polar surface area (TPSA) is 91.5 Å². The molecule has 0 bridgehead atoms. The molecular formula is C18H23ClN4O3. The lowest BCUT2D eigenvalue weighted by Gasteiger charge is -2.42. The molecule has 8 heteroatoms. The first-order valence-corrected chi connectivity index (χ1v) is 9.02. The van der Waals surface area contributed by atoms with Gasteiger partial charge in [-0.1, -0.05) is 23.2 Å². The van der Waals surface area contributed by atoms with Crippen molar-refractivity contribution in [2.45, 2.75) is 32.2 Å². The zero-order valence-electron chi connectivity index (χ0n) is 14.9. The van der Waals surface area contributed by atoms with E-state index in [9.17, 15) is 9.90 Å². The van der Waals surface area contributed by atoms with E-state index in [2.05, 4.69) is 15.5 Å². The SMILES string of the molecule is CC(NC(=O)N(C)CC1(CO)CCC1)c1nc(-c2ccc(Cl)cc2)no1. The van der Waals surface area contributed by atoms with E-state index in [4.69, 9.17) is 16.1 Å². The van der Waals surface area contributed by atoms with Gasteiger partial charge in [0.2, 0.25) is 11.7 Å². The summed E-state index contributed by atoms with van der Waals surface area (Å²) in [5.41, 5.74) is 0.636. The van der Waals surface area contributed by atoms with Crippen LogP contribution in [0.25, 0.3) is 11.4 Å². The van der Waals surface area contributed by atoms with E-state index in [-0.39, 0.29) is 18.1 Å². The average Bonchev–Trinajstić information content (AvgIpc) is 3.08. The number of aliphatic hydroxyl groups is 1. The summed E-state index contributed by atoms with van der Waals surface area (Å²) < 4.78 is 5.28. The number of nitrogens with zero attached hydrogens (tertiary/aromatic N) is 3. The average molecular weight is 379 g/mol. The minimum absolute atomic E-state index is 0.105. The lowest BCUT2D eigenvalue weighted by Crippen LogP contribution is -2.48. The zero-order valence-corrected chi connectivity index (χ0v) is 15.7. The molecule has 1 aliphatic rings. The van der Waals surface area contributed by atoms with Crippen molar-refractivity contribution < 1.29 is 14.4 Å². The fourth-order valence-electron chi connectivity index (χ4n) is 3.10. The quantitative estimate of drug-likeness (QED) is 0.805. The van der Waals surface area contributed by atoms with Crippen molar-refractivity contribution in [3.05, 3.63) is 35.2 Å². The Bertz CT molecular complexity index is 753. The number of amides is 2. The molecular weight excluding hydrogens is 356 g/mol. The van der Waals surface area contributed by atoms with Crippen LogP contribution in [0.4, 0.5) is 4.79 Å². The number of carbonyl (C=O) groups is 1. The Morgan fingerprint density at radius 2 is 2.12 bits per heavy atom. The first-order chi connectivity index (χ1) is 12.4. The van der Waals surface area contributed by atoms with Crippen molar-refractivity contribution in [3.8, 4) is 11.4 Å². The third-order valence-electron chi connectivity index (χ3n) is 4.92. The van der Waals surface area contributed by atoms with Gasteiger partial charge in [0.05, 0.1) is 6.61 Å². The van der Waals surface area contributed by atoms with Crippen molar-refractivity contribution >= 4 is 17.6 Å². The number of benzene rings is 1. The van der Waals surface area contributed by atoms with Gasteiger partial charge in [-0.25, -0.2) is 4.79 Å². The molecule has 2 aromatic rings. The van der Waals surface area contributed by atoms with Gasteiger partial charge in [-0.2, -0.15) is 4.98 Å². The van der Waals surface area contributed by atoms with Crippen LogP contribution >= 0.6 is 11.6 Å². The van der Waals surface area contributed by atoms with Gasteiger partial charge in [0.1, 0.15) is 6.04 Å². The van der Waals surface area contributed by atoms with Gasteiger partial charge in [0.25, 0.3) is 0 Å². The molecule has 1 unspecified atom stereocenters. The number of aromatic nitrogens is 2. The second-order valence-corrected chi connectivity index (χ2v) is 7.44. The summed E-state index contributed by atoms with van der Waals surface area (Å²) >= 11 is 5.88. The maximum atomic E-state index is 12.4. The molecule has 2 amide bonds. The molecule has 1 aromatic heterocycles. The molecule has 140 valence electrons. The Morgan fingerprint density at radius 1 is 1.42 bits per heavy atom. The van der Waals surface area contributed by atoms with E-state index < -0.39 is 6.04 Å². The Kier molecular flexibility index (Phi) is 5.48. The van der Waals surface area contributed by atoms with E-state index in [0.29, 0.717) is 23.3 Å². The molecule has 1 aliphatic carbocycles. The largest absolute Gasteiger partial charge is 0.396 e. The monoisotopic (exact) mass is 378 g/mol. The van der Waals surface area contributed by atoms with Gasteiger partial charge in [-0.15, -0.1) is 0 Å². The van der Waals surface area contributed by atoms with Gasteiger partial charge in [0.15, 0.2) is 0 Å². The summed E-state index contributed by atoms with van der Waals surface area (Å²) in [4.78, 5) is 18.3. The van der Waals surface area contributed by atoms with E-state index >= 15 is 0 Å². The number of carbonyl (C=O) groups excluding carboxylic acids is 1. The van der Waals surface area contributed by atoms with Crippen molar-refractivity contribution in [2.24, 2.45) is 5.41 Å². The number of halogens is 1. The van der Waals surface area contributed by atoms with Gasteiger partial charge < -0.3 is 19.8 Å². The number of hydrogen-bond acceptors (Lipinski definition) is 5. The molecule has 0 spiro atoms. The third-order valence-corrected chi connectivity index (χ3v) is 5.18. The molecule has 0 saturated heterocycles. The summed E-state index contributed by atoms with van der Waals surface area (Å²) in [5.74, 6) is 0.775. The minimum atomic E-state index is -0.426. The molecule has 1 fully saturated rings. The molecule has 26 heavy (non-hydrogen) atoms. The van der Waals surface area contributed by atoms with Crippen LogP contribution in [0.2, 0.25) is 5.02 Å². The van der Waals surface area contributed by atoms with E-state index in [0.717, 1.165) is 24.8 Å². The summed E-state index contributed by atoms with van der Waals surface area (Å²) in [6, 6.07) is 6.46. The second-order valence-electron chi connectivity index (χ2n) is 7.00. The van der Waals surface area contributed by atoms with Crippen molar-refractivity contribution in [1.29, 1.82) is 0 Å². The second kappa shape index (κ2) is 7.63. The predicted molar refractivity (Wildman–Crippen MR) is 97.7 cm³/mol. The molecule has 7 nitrogen and oxygen atoms in total. The fourth-order valence-corrected chi connectivity index (χ4v) is 3.23. The highest BCUT2D eigenvalue weighted by Crippen LogP contribution is 2.40. The maximum absolute atomic E-state index is 12.4. The van der Waals surface area contributed by atoms with Crippen LogP contribution in [0.3, 0.4) is 0 Å². The number of hydrogen-bond donors (Lipinski definition) is 2. The highest BCUT2D eigenvalue weighted by atomic mass is 35.5. The van der Waals surface area contributed by atoms with Crippen molar-refractivity contribution in [2.75, 3.05) is 20.2 Å². The van der Waals surface area contributed by atoms with Crippen LogP contribution in [-0.2, 0) is 0 Å². The Hall–Kier alpha value is -2.12. The number of rotatable bonds is 6. The van der Waals surface area contributed by atoms with Crippen LogP contribution in [0, 0.1) is 5.41 Å². The molecule has 1 atom stereocenters. The lowest BCUT2D eigenvalue weighted by atomic mass is 9.69. The van der Waals surface area contributed by atoms with Crippen LogP contribution in [-0.4, -0.2) is 46.4 Å². The van der Waals surface area contributed by atoms with Gasteiger partial charge >= 0.3 is 6.03 Å². The van der Waals surface area contributed by atoms with Gasteiger partial charge in [-0.05, 0) is 44.0 Å². The molecule has 1 saturated carbocycles. The van der Waals surface area contributed by atoms with E-state index in [1.54, 1.807) is 43.1 Å². The van der Waals surface area contributed by atoms with Gasteiger partial charge in [0, 0.05) is 29.6 Å². The van der Waals surface area contributed by atoms with Crippen LogP contribution < -0.4 is 5.32 Å². The summed E-state index contributed by atoms with van der Waals surface area (Å²) in [7, 11) is 1.73. The summed E-state index contributed by atoms with van der Waals surface area (Å²) in [6.07, 6.45) is 3.00. The Balaban J connectivity index is 1.60. The maximum Gasteiger partial charge on any atom is 0.317 e. The normalized spacial score (nSPS) is 16.6. The smallest absolute Gasteiger partial charge is 0.317 e. The predicted octanol–water partition coefficient (Wildman–Crippen LogP) is 3.26. The fraction of sp³-hybridized carbons (Fsp3) is 0.500. The minimum Gasteiger partial charge on any atom is -0.396 e. The molecule has 2 N–H and O–H groups in total. The van der Waals surface area contributed by atoms with Crippen molar-refractivity contribution in [3.63, 3.8) is 0 Å². The highest BCUT2D eigenvalue weighted by Gasteiger charge is 2.38. The lowest BCUT2D eigenvalue weighted by molar-refractivity contribution is 0.0226. The first-order valence-electron chi connectivity index (χ1n) is 8.64. The van der Waals surface area contributed by atoms with Crippen LogP contribution in [0.15, 0.2) is 28.8 Å². The number of urea groups is 1. The van der Waals surface area contributed by atoms with E-state index in [1.165, 1.54) is 0 Å². The molecule has 0 aliphatic heterocycles.